The van der Waals surface area contributed by atoms with Gasteiger partial charge in [0.15, 0.2) is 0 Å². The van der Waals surface area contributed by atoms with Gasteiger partial charge < -0.3 is 14.4 Å². The SMILES string of the molecule is C=Cc1ccc(Oc2ccc(C3(c4cc(F)cc(F)c4)c4ccccc4-c4ccc(C(c5cccc(F)c5)c5ccc6c(c5)C5(CC6(C)C)CC(C)(C)c6ccc(N(c7cccc(F)c7)c7ccc8c(c7)C(c7ccc(Oc9ccc(C=C)cc9)cc7)(c7cc(F)cc(F)c7)c7ccccc7-8)cc65)cc43)cc2)cc1. The van der Waals surface area contributed by atoms with Crippen molar-refractivity contribution in [3.8, 4) is 45.3 Å². The van der Waals surface area contributed by atoms with E-state index in [1.807, 2.05) is 158 Å². The molecule has 0 N–H and O–H groups in total. The van der Waals surface area contributed by atoms with Crippen molar-refractivity contribution in [2.24, 2.45) is 0 Å². The Bertz CT molecular complexity index is 5610. The second-order valence-corrected chi connectivity index (χ2v) is 30.8. The largest absolute Gasteiger partial charge is 0.457 e. The van der Waals surface area contributed by atoms with Gasteiger partial charge in [-0.3, -0.25) is 0 Å². The Balaban J connectivity index is 0.794. The molecule has 0 saturated carbocycles. The summed E-state index contributed by atoms with van der Waals surface area (Å²) in [5.74, 6) is -1.88. The summed E-state index contributed by atoms with van der Waals surface area (Å²) in [6, 6.07) is 93.6. The van der Waals surface area contributed by atoms with Crippen molar-refractivity contribution < 1.29 is 35.8 Å². The summed E-state index contributed by atoms with van der Waals surface area (Å²) in [4.78, 5) is 2.09. The van der Waals surface area contributed by atoms with Crippen LogP contribution in [-0.4, -0.2) is 0 Å². The fraction of sp³-hybridized carbons (Fsp3) is 0.120. The molecule has 0 heterocycles. The number of rotatable bonds is 16. The molecule has 9 heteroatoms. The number of nitrogens with zero attached hydrogens (tertiary/aromatic N) is 1. The van der Waals surface area contributed by atoms with Gasteiger partial charge in [-0.2, -0.15) is 0 Å². The van der Waals surface area contributed by atoms with E-state index in [-0.39, 0.29) is 10.8 Å². The van der Waals surface area contributed by atoms with Gasteiger partial charge in [0.1, 0.15) is 57.9 Å². The normalized spacial score (nSPS) is 18.0. The van der Waals surface area contributed by atoms with Crippen LogP contribution in [0.15, 0.2) is 316 Å². The van der Waals surface area contributed by atoms with Gasteiger partial charge in [-0.15, -0.1) is 0 Å². The van der Waals surface area contributed by atoms with E-state index in [1.165, 1.54) is 53.6 Å². The number of anilines is 3. The topological polar surface area (TPSA) is 21.7 Å². The standard InChI is InChI=1S/C100H73F6NO2/c1-7-61-23-35-79(36-24-61)108-81-39-29-66(30-40-81)99(68-50-72(103)54-73(104)51-68)87-21-11-9-19-83(87)85-43-27-64(48-91(85)99)95(63-15-13-16-70(101)47-63)65-28-45-89-93(49-65)98(59-96(89,3)4)60-97(5,6)90-46-34-78(58-94(90)98)107(76-18-14-17-71(102)56-76)77-33-44-86-84-20-10-12-22-88(84)100(92(86)57-77,69-52-74(105)55-75(106)53-69)67-31-41-82(42-32-67)109-80-37-25-62(8-2)26-38-80/h7-58,95H,1-2,59-60H2,3-6H3. The van der Waals surface area contributed by atoms with Crippen LogP contribution in [0.3, 0.4) is 0 Å². The van der Waals surface area contributed by atoms with Crippen LogP contribution in [0.2, 0.25) is 0 Å². The lowest BCUT2D eigenvalue weighted by Crippen LogP contribution is -2.29. The number of hydrogen-bond acceptors (Lipinski definition) is 3. The van der Waals surface area contributed by atoms with Crippen molar-refractivity contribution in [3.05, 3.63) is 446 Å². The van der Waals surface area contributed by atoms with Crippen LogP contribution in [0.1, 0.15) is 141 Å². The van der Waals surface area contributed by atoms with Crippen LogP contribution < -0.4 is 14.4 Å². The molecule has 532 valence electrons. The molecular formula is C100H73F6NO2. The first-order valence-electron chi connectivity index (χ1n) is 36.8. The van der Waals surface area contributed by atoms with Crippen LogP contribution in [0.25, 0.3) is 34.4 Å². The maximum atomic E-state index is 16.3. The number of ether oxygens (including phenoxy) is 2. The summed E-state index contributed by atoms with van der Waals surface area (Å²) in [7, 11) is 0. The fourth-order valence-electron chi connectivity index (χ4n) is 19.2. The fourth-order valence-corrected chi connectivity index (χ4v) is 19.2. The molecule has 0 radical (unpaired) electrons. The molecule has 0 aromatic heterocycles. The Hall–Kier alpha value is -12.5. The highest BCUT2D eigenvalue weighted by Crippen LogP contribution is 2.65. The lowest BCUT2D eigenvalue weighted by atomic mass is 9.67. The molecule has 1 spiro atoms. The predicted molar refractivity (Wildman–Crippen MR) is 425 cm³/mol. The summed E-state index contributed by atoms with van der Waals surface area (Å²) in [5, 5.41) is 0. The third-order valence-electron chi connectivity index (χ3n) is 23.4. The highest BCUT2D eigenvalue weighted by atomic mass is 19.2. The van der Waals surface area contributed by atoms with Gasteiger partial charge in [0.25, 0.3) is 0 Å². The lowest BCUT2D eigenvalue weighted by Gasteiger charge is -2.35. The number of hydrogen-bond donors (Lipinski definition) is 0. The number of halogens is 6. The third-order valence-corrected chi connectivity index (χ3v) is 23.4. The first-order valence-corrected chi connectivity index (χ1v) is 36.8. The minimum atomic E-state index is -1.29. The average Bonchev–Trinajstić information content (AvgIpc) is 1.53. The van der Waals surface area contributed by atoms with Gasteiger partial charge in [-0.25, -0.2) is 26.3 Å². The van der Waals surface area contributed by atoms with Crippen LogP contribution in [0.5, 0.6) is 23.0 Å². The van der Waals surface area contributed by atoms with Gasteiger partial charge in [0.05, 0.1) is 10.8 Å². The molecule has 4 unspecified atom stereocenters. The van der Waals surface area contributed by atoms with Crippen LogP contribution in [0, 0.1) is 34.9 Å². The Morgan fingerprint density at radius 1 is 0.303 bits per heavy atom. The molecule has 14 aromatic rings. The van der Waals surface area contributed by atoms with Gasteiger partial charge in [-0.1, -0.05) is 217 Å². The highest BCUT2D eigenvalue weighted by molar-refractivity contribution is 5.91. The monoisotopic (exact) mass is 1430 g/mol. The van der Waals surface area contributed by atoms with Crippen molar-refractivity contribution in [2.75, 3.05) is 4.90 Å². The Morgan fingerprint density at radius 3 is 1.17 bits per heavy atom. The zero-order valence-electron chi connectivity index (χ0n) is 60.5. The van der Waals surface area contributed by atoms with Crippen molar-refractivity contribution >= 4 is 29.2 Å². The van der Waals surface area contributed by atoms with E-state index < -0.39 is 57.1 Å². The van der Waals surface area contributed by atoms with E-state index >= 15 is 26.3 Å². The Labute approximate surface area is 631 Å². The van der Waals surface area contributed by atoms with Gasteiger partial charge in [0.2, 0.25) is 0 Å². The smallest absolute Gasteiger partial charge is 0.127 e. The quantitative estimate of drug-likeness (QED) is 0.0711. The first kappa shape index (κ1) is 68.4. The zero-order chi connectivity index (χ0) is 74.9. The number of fused-ring (bicyclic) bond motifs is 10. The molecule has 109 heavy (non-hydrogen) atoms. The van der Waals surface area contributed by atoms with Gasteiger partial charge >= 0.3 is 0 Å². The molecule has 3 nitrogen and oxygen atoms in total. The average molecular weight is 1430 g/mol. The van der Waals surface area contributed by atoms with E-state index in [1.54, 1.807) is 30.4 Å². The minimum absolute atomic E-state index is 0.357. The van der Waals surface area contributed by atoms with Crippen molar-refractivity contribution in [1.29, 1.82) is 0 Å². The third kappa shape index (κ3) is 11.2. The summed E-state index contributed by atoms with van der Waals surface area (Å²) >= 11 is 0. The summed E-state index contributed by atoms with van der Waals surface area (Å²) in [6.45, 7) is 17.0. The van der Waals surface area contributed by atoms with E-state index in [0.717, 1.165) is 120 Å². The van der Waals surface area contributed by atoms with Gasteiger partial charge in [0, 0.05) is 40.5 Å². The van der Waals surface area contributed by atoms with E-state index in [2.05, 4.69) is 119 Å². The summed E-state index contributed by atoms with van der Waals surface area (Å²) < 4.78 is 110. The van der Waals surface area contributed by atoms with Crippen molar-refractivity contribution in [1.82, 2.24) is 0 Å². The molecular weight excluding hydrogens is 1360 g/mol. The lowest BCUT2D eigenvalue weighted by molar-refractivity contribution is 0.349. The van der Waals surface area contributed by atoms with Crippen LogP contribution >= 0.6 is 0 Å². The zero-order valence-corrected chi connectivity index (χ0v) is 60.5. The van der Waals surface area contributed by atoms with Crippen molar-refractivity contribution in [2.45, 2.75) is 73.5 Å². The first-order chi connectivity index (χ1) is 52.7. The molecule has 0 bridgehead atoms. The predicted octanol–water partition coefficient (Wildman–Crippen LogP) is 26.4. The molecule has 4 aliphatic rings. The Morgan fingerprint density at radius 2 is 0.679 bits per heavy atom. The Kier molecular flexibility index (Phi) is 16.2. The van der Waals surface area contributed by atoms with Crippen LogP contribution in [0.4, 0.5) is 43.4 Å². The van der Waals surface area contributed by atoms with E-state index in [4.69, 9.17) is 9.47 Å². The molecule has 0 aliphatic heterocycles. The molecule has 0 saturated heterocycles. The van der Waals surface area contributed by atoms with Gasteiger partial charge in [-0.05, 0) is 268 Å². The second-order valence-electron chi connectivity index (χ2n) is 30.8. The molecule has 0 amide bonds. The molecule has 4 atom stereocenters. The van der Waals surface area contributed by atoms with E-state index in [9.17, 15) is 0 Å². The molecule has 18 rings (SSSR count). The highest BCUT2D eigenvalue weighted by Gasteiger charge is 2.57. The van der Waals surface area contributed by atoms with Crippen LogP contribution in [-0.2, 0) is 27.1 Å². The minimum Gasteiger partial charge on any atom is -0.457 e. The molecule has 14 aromatic carbocycles. The maximum Gasteiger partial charge on any atom is 0.127 e. The van der Waals surface area contributed by atoms with Crippen molar-refractivity contribution in [3.63, 3.8) is 0 Å². The summed E-state index contributed by atoms with van der Waals surface area (Å²) in [6.07, 6.45) is 5.03. The maximum absolute atomic E-state index is 16.3. The second kappa shape index (κ2) is 25.9. The molecule has 4 aliphatic carbocycles. The van der Waals surface area contributed by atoms with E-state index in [0.29, 0.717) is 51.1 Å². The molecule has 0 fully saturated rings. The number of benzene rings is 14. The summed E-state index contributed by atoms with van der Waals surface area (Å²) in [5.41, 5.74) is 16.3.